The average molecular weight is 273 g/mol. The van der Waals surface area contributed by atoms with E-state index in [4.69, 9.17) is 14.2 Å². The Morgan fingerprint density at radius 3 is 2.68 bits per heavy atom. The highest BCUT2D eigenvalue weighted by Crippen LogP contribution is 2.37. The van der Waals surface area contributed by atoms with Crippen LogP contribution in [0.1, 0.15) is 40.0 Å². The smallest absolute Gasteiger partial charge is 0.0617 e. The van der Waals surface area contributed by atoms with Gasteiger partial charge in [0.2, 0.25) is 0 Å². The molecule has 4 heteroatoms. The molecule has 114 valence electrons. The minimum Gasteiger partial charge on any atom is -0.385 e. The van der Waals surface area contributed by atoms with Crippen molar-refractivity contribution < 1.29 is 14.2 Å². The first-order valence-corrected chi connectivity index (χ1v) is 7.52. The molecule has 1 fully saturated rings. The highest BCUT2D eigenvalue weighted by Gasteiger charge is 2.40. The van der Waals surface area contributed by atoms with Crippen LogP contribution in [0, 0.1) is 5.41 Å². The molecule has 0 aliphatic carbocycles. The molecular formula is C15H31NO3. The Hall–Kier alpha value is -0.160. The maximum atomic E-state index is 5.78. The van der Waals surface area contributed by atoms with Gasteiger partial charge in [-0.1, -0.05) is 13.8 Å². The molecule has 4 nitrogen and oxygen atoms in total. The van der Waals surface area contributed by atoms with Crippen LogP contribution in [0.2, 0.25) is 0 Å². The Bertz CT molecular complexity index is 235. The van der Waals surface area contributed by atoms with Gasteiger partial charge in [-0.2, -0.15) is 0 Å². The van der Waals surface area contributed by atoms with Crippen molar-refractivity contribution in [3.05, 3.63) is 0 Å². The quantitative estimate of drug-likeness (QED) is 0.620. The van der Waals surface area contributed by atoms with Crippen LogP contribution in [0.4, 0.5) is 0 Å². The van der Waals surface area contributed by atoms with Crippen LogP contribution in [0.15, 0.2) is 0 Å². The van der Waals surface area contributed by atoms with E-state index >= 15 is 0 Å². The number of rotatable bonds is 10. The summed E-state index contributed by atoms with van der Waals surface area (Å²) >= 11 is 0. The lowest BCUT2D eigenvalue weighted by atomic mass is 9.78. The van der Waals surface area contributed by atoms with Crippen molar-refractivity contribution in [1.82, 2.24) is 5.32 Å². The summed E-state index contributed by atoms with van der Waals surface area (Å²) in [6.45, 7) is 10.9. The van der Waals surface area contributed by atoms with Crippen LogP contribution in [0.25, 0.3) is 0 Å². The highest BCUT2D eigenvalue weighted by molar-refractivity contribution is 4.91. The van der Waals surface area contributed by atoms with E-state index in [0.717, 1.165) is 52.2 Å². The van der Waals surface area contributed by atoms with E-state index in [1.54, 1.807) is 7.11 Å². The van der Waals surface area contributed by atoms with E-state index < -0.39 is 0 Å². The SMILES string of the molecule is COCCCOCCC1(CNC(C)C)CCOC1C. The number of hydrogen-bond acceptors (Lipinski definition) is 4. The van der Waals surface area contributed by atoms with Gasteiger partial charge >= 0.3 is 0 Å². The first kappa shape index (κ1) is 16.9. The lowest BCUT2D eigenvalue weighted by Crippen LogP contribution is -2.42. The third kappa shape index (κ3) is 5.78. The van der Waals surface area contributed by atoms with E-state index in [-0.39, 0.29) is 5.41 Å². The average Bonchev–Trinajstić information content (AvgIpc) is 2.73. The van der Waals surface area contributed by atoms with E-state index in [1.807, 2.05) is 0 Å². The fourth-order valence-electron chi connectivity index (χ4n) is 2.56. The summed E-state index contributed by atoms with van der Waals surface area (Å²) in [5.74, 6) is 0. The molecule has 0 bridgehead atoms. The van der Waals surface area contributed by atoms with Crippen molar-refractivity contribution in [2.75, 3.05) is 40.1 Å². The first-order chi connectivity index (χ1) is 9.10. The lowest BCUT2D eigenvalue weighted by molar-refractivity contribution is 0.0286. The molecule has 1 heterocycles. The van der Waals surface area contributed by atoms with Gasteiger partial charge in [-0.15, -0.1) is 0 Å². The van der Waals surface area contributed by atoms with Crippen LogP contribution in [-0.4, -0.2) is 52.2 Å². The minimum absolute atomic E-state index is 0.242. The van der Waals surface area contributed by atoms with E-state index in [0.29, 0.717) is 12.1 Å². The second kappa shape index (κ2) is 8.90. The molecule has 1 aliphatic heterocycles. The molecule has 1 aliphatic rings. The van der Waals surface area contributed by atoms with Crippen molar-refractivity contribution in [2.24, 2.45) is 5.41 Å². The van der Waals surface area contributed by atoms with Crippen LogP contribution in [0.5, 0.6) is 0 Å². The Morgan fingerprint density at radius 1 is 1.32 bits per heavy atom. The van der Waals surface area contributed by atoms with Gasteiger partial charge in [-0.3, -0.25) is 0 Å². The van der Waals surface area contributed by atoms with E-state index in [9.17, 15) is 0 Å². The van der Waals surface area contributed by atoms with Crippen molar-refractivity contribution in [2.45, 2.75) is 52.2 Å². The van der Waals surface area contributed by atoms with Gasteiger partial charge in [0.05, 0.1) is 6.10 Å². The van der Waals surface area contributed by atoms with Gasteiger partial charge in [0, 0.05) is 51.5 Å². The van der Waals surface area contributed by atoms with Gasteiger partial charge in [0.15, 0.2) is 0 Å². The van der Waals surface area contributed by atoms with E-state index in [2.05, 4.69) is 26.1 Å². The van der Waals surface area contributed by atoms with Crippen molar-refractivity contribution in [1.29, 1.82) is 0 Å². The van der Waals surface area contributed by atoms with Gasteiger partial charge < -0.3 is 19.5 Å². The monoisotopic (exact) mass is 273 g/mol. The van der Waals surface area contributed by atoms with Gasteiger partial charge in [0.1, 0.15) is 0 Å². The fourth-order valence-corrected chi connectivity index (χ4v) is 2.56. The molecule has 0 aromatic rings. The summed E-state index contributed by atoms with van der Waals surface area (Å²) < 4.78 is 16.5. The normalized spacial score (nSPS) is 27.3. The summed E-state index contributed by atoms with van der Waals surface area (Å²) in [6.07, 6.45) is 3.50. The van der Waals surface area contributed by atoms with Gasteiger partial charge in [-0.05, 0) is 26.2 Å². The third-order valence-electron chi connectivity index (χ3n) is 4.07. The molecule has 0 radical (unpaired) electrons. The van der Waals surface area contributed by atoms with E-state index in [1.165, 1.54) is 0 Å². The molecule has 1 rings (SSSR count). The first-order valence-electron chi connectivity index (χ1n) is 7.52. The molecule has 0 saturated carbocycles. The Labute approximate surface area is 118 Å². The molecule has 2 atom stereocenters. The number of nitrogens with one attached hydrogen (secondary N) is 1. The van der Waals surface area contributed by atoms with Gasteiger partial charge in [-0.25, -0.2) is 0 Å². The minimum atomic E-state index is 0.242. The molecule has 0 amide bonds. The zero-order valence-corrected chi connectivity index (χ0v) is 13.0. The highest BCUT2D eigenvalue weighted by atomic mass is 16.5. The number of ether oxygens (including phenoxy) is 3. The summed E-state index contributed by atoms with van der Waals surface area (Å²) in [6, 6.07) is 0.521. The predicted molar refractivity (Wildman–Crippen MR) is 77.5 cm³/mol. The number of methoxy groups -OCH3 is 1. The molecule has 0 spiro atoms. The summed E-state index contributed by atoms with van der Waals surface area (Å²) in [5, 5.41) is 3.56. The zero-order chi connectivity index (χ0) is 14.1. The third-order valence-corrected chi connectivity index (χ3v) is 4.07. The Kier molecular flexibility index (Phi) is 7.91. The maximum absolute atomic E-state index is 5.78. The molecular weight excluding hydrogens is 242 g/mol. The summed E-state index contributed by atoms with van der Waals surface area (Å²) in [5.41, 5.74) is 0.242. The van der Waals surface area contributed by atoms with Gasteiger partial charge in [0.25, 0.3) is 0 Å². The van der Waals surface area contributed by atoms with Crippen LogP contribution in [0.3, 0.4) is 0 Å². The molecule has 1 saturated heterocycles. The van der Waals surface area contributed by atoms with Crippen LogP contribution >= 0.6 is 0 Å². The molecule has 0 aromatic heterocycles. The second-order valence-electron chi connectivity index (χ2n) is 5.87. The largest absolute Gasteiger partial charge is 0.385 e. The van der Waals surface area contributed by atoms with Crippen molar-refractivity contribution in [3.8, 4) is 0 Å². The Balaban J connectivity index is 2.29. The topological polar surface area (TPSA) is 39.7 Å². The Morgan fingerprint density at radius 2 is 2.11 bits per heavy atom. The summed E-state index contributed by atoms with van der Waals surface area (Å²) in [4.78, 5) is 0. The number of hydrogen-bond donors (Lipinski definition) is 1. The van der Waals surface area contributed by atoms with Crippen molar-refractivity contribution in [3.63, 3.8) is 0 Å². The molecule has 2 unspecified atom stereocenters. The zero-order valence-electron chi connectivity index (χ0n) is 13.0. The standard InChI is InChI=1S/C15H31NO3/c1-13(2)16-12-15(7-11-19-14(15)3)6-10-18-9-5-8-17-4/h13-14,16H,5-12H2,1-4H3. The lowest BCUT2D eigenvalue weighted by Gasteiger charge is -2.33. The fraction of sp³-hybridized carbons (Fsp3) is 1.00. The maximum Gasteiger partial charge on any atom is 0.0617 e. The van der Waals surface area contributed by atoms with Crippen LogP contribution in [-0.2, 0) is 14.2 Å². The molecule has 0 aromatic carbocycles. The predicted octanol–water partition coefficient (Wildman–Crippen LogP) is 2.22. The molecule has 19 heavy (non-hydrogen) atoms. The second-order valence-corrected chi connectivity index (χ2v) is 5.87. The van der Waals surface area contributed by atoms with Crippen LogP contribution < -0.4 is 5.32 Å². The summed E-state index contributed by atoms with van der Waals surface area (Å²) in [7, 11) is 1.73. The van der Waals surface area contributed by atoms with Crippen molar-refractivity contribution >= 4 is 0 Å². The molecule has 1 N–H and O–H groups in total.